The highest BCUT2D eigenvalue weighted by Gasteiger charge is 2.09. The van der Waals surface area contributed by atoms with Crippen molar-refractivity contribution in [3.63, 3.8) is 0 Å². The van der Waals surface area contributed by atoms with Crippen LogP contribution in [0.25, 0.3) is 11.0 Å². The van der Waals surface area contributed by atoms with Crippen molar-refractivity contribution in [3.05, 3.63) is 30.6 Å². The Morgan fingerprint density at radius 2 is 1.75 bits per heavy atom. The Morgan fingerprint density at radius 1 is 1.06 bits per heavy atom. The summed E-state index contributed by atoms with van der Waals surface area (Å²) in [6.45, 7) is 7.57. The number of nitrogens with zero attached hydrogens (tertiary/aromatic N) is 2. The molecule has 0 bridgehead atoms. The van der Waals surface area contributed by atoms with Crippen LogP contribution in [0.2, 0.25) is 0 Å². The van der Waals surface area contributed by atoms with Gasteiger partial charge in [0, 0.05) is 24.6 Å². The first-order valence-corrected chi connectivity index (χ1v) is 5.49. The molecule has 0 atom stereocenters. The predicted octanol–water partition coefficient (Wildman–Crippen LogP) is 3.09. The maximum Gasteiger partial charge on any atom is 0.0907 e. The second kappa shape index (κ2) is 4.08. The van der Waals surface area contributed by atoms with Gasteiger partial charge in [0.1, 0.15) is 0 Å². The highest BCUT2D eigenvalue weighted by Crippen LogP contribution is 2.18. The first-order chi connectivity index (χ1) is 7.54. The maximum atomic E-state index is 4.28. The normalized spacial score (nSPS) is 11.7. The molecule has 1 N–H and O–H groups in total. The number of anilines is 1. The van der Waals surface area contributed by atoms with Crippen molar-refractivity contribution in [1.29, 1.82) is 0 Å². The summed E-state index contributed by atoms with van der Waals surface area (Å²) in [5.74, 6) is 0. The first-order valence-electron chi connectivity index (χ1n) is 5.49. The van der Waals surface area contributed by atoms with E-state index in [0.717, 1.165) is 23.3 Å². The fourth-order valence-corrected chi connectivity index (χ4v) is 1.44. The highest BCUT2D eigenvalue weighted by molar-refractivity contribution is 5.78. The van der Waals surface area contributed by atoms with Gasteiger partial charge in [-0.25, -0.2) is 0 Å². The lowest BCUT2D eigenvalue weighted by atomic mass is 9.97. The van der Waals surface area contributed by atoms with Crippen molar-refractivity contribution >= 4 is 16.7 Å². The van der Waals surface area contributed by atoms with Crippen molar-refractivity contribution in [1.82, 2.24) is 9.97 Å². The molecule has 0 saturated heterocycles. The molecule has 2 aromatic rings. The third kappa shape index (κ3) is 2.69. The number of benzene rings is 1. The van der Waals surface area contributed by atoms with Gasteiger partial charge in [-0.2, -0.15) is 0 Å². The summed E-state index contributed by atoms with van der Waals surface area (Å²) >= 11 is 0. The number of hydrogen-bond acceptors (Lipinski definition) is 3. The Bertz CT molecular complexity index is 486. The van der Waals surface area contributed by atoms with Crippen LogP contribution in [0.4, 0.5) is 5.69 Å². The molecular weight excluding hydrogens is 198 g/mol. The van der Waals surface area contributed by atoms with Gasteiger partial charge in [0.05, 0.1) is 11.0 Å². The van der Waals surface area contributed by atoms with Gasteiger partial charge in [0.25, 0.3) is 0 Å². The summed E-state index contributed by atoms with van der Waals surface area (Å²) in [4.78, 5) is 8.52. The zero-order chi connectivity index (χ0) is 11.6. The molecule has 0 amide bonds. The van der Waals surface area contributed by atoms with E-state index in [9.17, 15) is 0 Å². The molecule has 0 spiro atoms. The van der Waals surface area contributed by atoms with E-state index < -0.39 is 0 Å². The molecule has 3 nitrogen and oxygen atoms in total. The van der Waals surface area contributed by atoms with Crippen LogP contribution in [-0.2, 0) is 0 Å². The molecular formula is C13H17N3. The second-order valence-corrected chi connectivity index (χ2v) is 5.17. The quantitative estimate of drug-likeness (QED) is 0.836. The Balaban J connectivity index is 2.20. The Kier molecular flexibility index (Phi) is 2.77. The lowest BCUT2D eigenvalue weighted by molar-refractivity contribution is 0.443. The lowest BCUT2D eigenvalue weighted by Crippen LogP contribution is -2.18. The summed E-state index contributed by atoms with van der Waals surface area (Å²) in [6.07, 6.45) is 3.43. The summed E-state index contributed by atoms with van der Waals surface area (Å²) in [5, 5.41) is 3.41. The van der Waals surface area contributed by atoms with Gasteiger partial charge in [-0.1, -0.05) is 20.8 Å². The van der Waals surface area contributed by atoms with E-state index in [4.69, 9.17) is 0 Å². The largest absolute Gasteiger partial charge is 0.384 e. The molecule has 0 aliphatic rings. The van der Waals surface area contributed by atoms with Gasteiger partial charge in [-0.15, -0.1) is 0 Å². The fraction of sp³-hybridized carbons (Fsp3) is 0.385. The number of aromatic nitrogens is 2. The molecule has 0 aliphatic carbocycles. The smallest absolute Gasteiger partial charge is 0.0907 e. The molecule has 0 saturated carbocycles. The minimum absolute atomic E-state index is 0.275. The van der Waals surface area contributed by atoms with E-state index in [1.165, 1.54) is 0 Å². The molecule has 0 aliphatic heterocycles. The molecule has 1 aromatic heterocycles. The highest BCUT2D eigenvalue weighted by atomic mass is 14.9. The average molecular weight is 215 g/mol. The van der Waals surface area contributed by atoms with Crippen LogP contribution in [0.1, 0.15) is 20.8 Å². The van der Waals surface area contributed by atoms with E-state index in [-0.39, 0.29) is 5.41 Å². The molecule has 84 valence electrons. The SMILES string of the molecule is CC(C)(C)CNc1ccc2nccnc2c1. The van der Waals surface area contributed by atoms with Crippen LogP contribution in [0, 0.1) is 5.41 Å². The van der Waals surface area contributed by atoms with Gasteiger partial charge in [-0.05, 0) is 23.6 Å². The Morgan fingerprint density at radius 3 is 2.44 bits per heavy atom. The zero-order valence-electron chi connectivity index (χ0n) is 9.99. The average Bonchev–Trinajstić information content (AvgIpc) is 2.25. The number of rotatable bonds is 2. The van der Waals surface area contributed by atoms with Gasteiger partial charge in [-0.3, -0.25) is 9.97 Å². The van der Waals surface area contributed by atoms with Crippen LogP contribution in [0.3, 0.4) is 0 Å². The van der Waals surface area contributed by atoms with E-state index in [1.807, 2.05) is 18.2 Å². The standard InChI is InChI=1S/C13H17N3/c1-13(2,3)9-16-10-4-5-11-12(8-10)15-7-6-14-11/h4-8,16H,9H2,1-3H3. The van der Waals surface area contributed by atoms with Crippen LogP contribution in [-0.4, -0.2) is 16.5 Å². The molecule has 16 heavy (non-hydrogen) atoms. The number of hydrogen-bond donors (Lipinski definition) is 1. The third-order valence-electron chi connectivity index (χ3n) is 2.29. The zero-order valence-corrected chi connectivity index (χ0v) is 9.99. The second-order valence-electron chi connectivity index (χ2n) is 5.17. The summed E-state index contributed by atoms with van der Waals surface area (Å²) in [7, 11) is 0. The minimum atomic E-state index is 0.275. The van der Waals surface area contributed by atoms with Crippen molar-refractivity contribution in [3.8, 4) is 0 Å². The van der Waals surface area contributed by atoms with E-state index in [0.29, 0.717) is 0 Å². The van der Waals surface area contributed by atoms with E-state index in [1.54, 1.807) is 12.4 Å². The lowest BCUT2D eigenvalue weighted by Gasteiger charge is -2.19. The van der Waals surface area contributed by atoms with Gasteiger partial charge >= 0.3 is 0 Å². The molecule has 0 fully saturated rings. The van der Waals surface area contributed by atoms with Crippen LogP contribution < -0.4 is 5.32 Å². The monoisotopic (exact) mass is 215 g/mol. The van der Waals surface area contributed by atoms with E-state index in [2.05, 4.69) is 36.1 Å². The van der Waals surface area contributed by atoms with Crippen LogP contribution in [0.15, 0.2) is 30.6 Å². The first kappa shape index (κ1) is 10.9. The van der Waals surface area contributed by atoms with Crippen molar-refractivity contribution in [2.45, 2.75) is 20.8 Å². The van der Waals surface area contributed by atoms with E-state index >= 15 is 0 Å². The fourth-order valence-electron chi connectivity index (χ4n) is 1.44. The van der Waals surface area contributed by atoms with Crippen molar-refractivity contribution < 1.29 is 0 Å². The minimum Gasteiger partial charge on any atom is -0.384 e. The van der Waals surface area contributed by atoms with Crippen molar-refractivity contribution in [2.75, 3.05) is 11.9 Å². The molecule has 1 aromatic carbocycles. The third-order valence-corrected chi connectivity index (χ3v) is 2.29. The number of fused-ring (bicyclic) bond motifs is 1. The summed E-state index contributed by atoms with van der Waals surface area (Å²) < 4.78 is 0. The Labute approximate surface area is 95.9 Å². The van der Waals surface area contributed by atoms with Crippen LogP contribution >= 0.6 is 0 Å². The van der Waals surface area contributed by atoms with Gasteiger partial charge < -0.3 is 5.32 Å². The maximum absolute atomic E-state index is 4.28. The summed E-state index contributed by atoms with van der Waals surface area (Å²) in [6, 6.07) is 6.07. The molecule has 1 heterocycles. The van der Waals surface area contributed by atoms with Crippen LogP contribution in [0.5, 0.6) is 0 Å². The number of nitrogens with one attached hydrogen (secondary N) is 1. The van der Waals surface area contributed by atoms with Gasteiger partial charge in [0.15, 0.2) is 0 Å². The molecule has 0 unspecified atom stereocenters. The Hall–Kier alpha value is -1.64. The molecule has 2 rings (SSSR count). The predicted molar refractivity (Wildman–Crippen MR) is 67.5 cm³/mol. The molecule has 3 heteroatoms. The summed E-state index contributed by atoms with van der Waals surface area (Å²) in [5.41, 5.74) is 3.24. The van der Waals surface area contributed by atoms with Crippen molar-refractivity contribution in [2.24, 2.45) is 5.41 Å². The van der Waals surface area contributed by atoms with Gasteiger partial charge in [0.2, 0.25) is 0 Å². The molecule has 0 radical (unpaired) electrons. The topological polar surface area (TPSA) is 37.8 Å².